The molecule has 1 unspecified atom stereocenters. The van der Waals surface area contributed by atoms with E-state index in [0.29, 0.717) is 5.92 Å². The summed E-state index contributed by atoms with van der Waals surface area (Å²) in [7, 11) is 5.34. The molecule has 180 valence electrons. The predicted molar refractivity (Wildman–Crippen MR) is 132 cm³/mol. The van der Waals surface area contributed by atoms with Gasteiger partial charge in [-0.3, -0.25) is 9.89 Å². The van der Waals surface area contributed by atoms with Crippen LogP contribution in [0.15, 0.2) is 23.2 Å². The van der Waals surface area contributed by atoms with Crippen LogP contribution < -0.4 is 14.8 Å². The van der Waals surface area contributed by atoms with Crippen molar-refractivity contribution in [3.8, 4) is 11.5 Å². The molecule has 2 aliphatic heterocycles. The standard InChI is InChI=1S/C25H43N5O2/c1-20(2)17-29-10-6-7-21(18-29)16-27-25(26-3)30-13-11-28(12-14-30)19-22-15-23(31-4)8-9-24(22)32-5/h8-9,15,20-21H,6-7,10-14,16-19H2,1-5H3,(H,26,27). The Morgan fingerprint density at radius 1 is 1.09 bits per heavy atom. The quantitative estimate of drug-likeness (QED) is 0.491. The number of guanidine groups is 1. The van der Waals surface area contributed by atoms with Gasteiger partial charge in [-0.25, -0.2) is 0 Å². The molecule has 1 atom stereocenters. The summed E-state index contributed by atoms with van der Waals surface area (Å²) >= 11 is 0. The van der Waals surface area contributed by atoms with Gasteiger partial charge in [0.2, 0.25) is 0 Å². The Morgan fingerprint density at radius 3 is 2.53 bits per heavy atom. The van der Waals surface area contributed by atoms with Gasteiger partial charge in [0.05, 0.1) is 14.2 Å². The lowest BCUT2D eigenvalue weighted by molar-refractivity contribution is 0.155. The lowest BCUT2D eigenvalue weighted by Crippen LogP contribution is -2.53. The molecule has 0 aliphatic carbocycles. The van der Waals surface area contributed by atoms with Crippen molar-refractivity contribution in [2.24, 2.45) is 16.8 Å². The Morgan fingerprint density at radius 2 is 1.88 bits per heavy atom. The van der Waals surface area contributed by atoms with Crippen LogP contribution in [0.3, 0.4) is 0 Å². The minimum Gasteiger partial charge on any atom is -0.497 e. The van der Waals surface area contributed by atoms with Gasteiger partial charge < -0.3 is 24.6 Å². The molecule has 2 fully saturated rings. The van der Waals surface area contributed by atoms with Crippen molar-refractivity contribution in [2.45, 2.75) is 33.2 Å². The summed E-state index contributed by atoms with van der Waals surface area (Å²) < 4.78 is 11.0. The molecule has 0 amide bonds. The molecule has 0 spiro atoms. The Labute approximate surface area is 194 Å². The van der Waals surface area contributed by atoms with E-state index in [4.69, 9.17) is 9.47 Å². The summed E-state index contributed by atoms with van der Waals surface area (Å²) in [6.45, 7) is 14.2. The van der Waals surface area contributed by atoms with E-state index in [2.05, 4.69) is 44.9 Å². The summed E-state index contributed by atoms with van der Waals surface area (Å²) in [4.78, 5) is 12.1. The first-order valence-corrected chi connectivity index (χ1v) is 12.1. The molecule has 0 aromatic heterocycles. The molecule has 2 heterocycles. The normalized spacial score (nSPS) is 21.1. The van der Waals surface area contributed by atoms with E-state index >= 15 is 0 Å². The lowest BCUT2D eigenvalue weighted by Gasteiger charge is -2.38. The highest BCUT2D eigenvalue weighted by molar-refractivity contribution is 5.80. The van der Waals surface area contributed by atoms with E-state index in [0.717, 1.165) is 62.6 Å². The summed E-state index contributed by atoms with van der Waals surface area (Å²) in [6.07, 6.45) is 2.62. The second kappa shape index (κ2) is 12.3. The highest BCUT2D eigenvalue weighted by atomic mass is 16.5. The van der Waals surface area contributed by atoms with Crippen molar-refractivity contribution >= 4 is 5.96 Å². The fourth-order valence-corrected chi connectivity index (χ4v) is 4.93. The fourth-order valence-electron chi connectivity index (χ4n) is 4.93. The van der Waals surface area contributed by atoms with Crippen LogP contribution in [0.2, 0.25) is 0 Å². The number of ether oxygens (including phenoxy) is 2. The number of hydrogen-bond donors (Lipinski definition) is 1. The van der Waals surface area contributed by atoms with Crippen LogP contribution in [-0.4, -0.2) is 94.3 Å². The van der Waals surface area contributed by atoms with E-state index in [1.165, 1.54) is 38.0 Å². The minimum absolute atomic E-state index is 0.709. The molecular weight excluding hydrogens is 402 g/mol. The number of likely N-dealkylation sites (tertiary alicyclic amines) is 1. The Hall–Kier alpha value is -1.99. The van der Waals surface area contributed by atoms with Crippen LogP contribution in [0.1, 0.15) is 32.3 Å². The molecule has 3 rings (SSSR count). The fraction of sp³-hybridized carbons (Fsp3) is 0.720. The summed E-state index contributed by atoms with van der Waals surface area (Å²) in [5.74, 6) is 4.29. The van der Waals surface area contributed by atoms with Crippen LogP contribution in [0.5, 0.6) is 11.5 Å². The zero-order chi connectivity index (χ0) is 22.9. The van der Waals surface area contributed by atoms with E-state index in [9.17, 15) is 0 Å². The number of nitrogens with one attached hydrogen (secondary N) is 1. The van der Waals surface area contributed by atoms with Crippen molar-refractivity contribution in [1.29, 1.82) is 0 Å². The summed E-state index contributed by atoms with van der Waals surface area (Å²) in [6, 6.07) is 6.02. The zero-order valence-corrected chi connectivity index (χ0v) is 20.8. The second-order valence-corrected chi connectivity index (χ2v) is 9.53. The average Bonchev–Trinajstić information content (AvgIpc) is 2.80. The van der Waals surface area contributed by atoms with Crippen LogP contribution in [0.4, 0.5) is 0 Å². The first-order valence-electron chi connectivity index (χ1n) is 12.1. The molecule has 1 aromatic rings. The maximum absolute atomic E-state index is 5.56. The molecule has 7 heteroatoms. The third kappa shape index (κ3) is 7.01. The SMILES string of the molecule is CN=C(NCC1CCCN(CC(C)C)C1)N1CCN(Cc2cc(OC)ccc2OC)CC1. The number of piperazine rings is 1. The molecular formula is C25H43N5O2. The number of nitrogens with zero attached hydrogens (tertiary/aromatic N) is 4. The van der Waals surface area contributed by atoms with E-state index in [1.54, 1.807) is 14.2 Å². The highest BCUT2D eigenvalue weighted by Crippen LogP contribution is 2.25. The van der Waals surface area contributed by atoms with Crippen molar-refractivity contribution < 1.29 is 9.47 Å². The molecule has 32 heavy (non-hydrogen) atoms. The largest absolute Gasteiger partial charge is 0.497 e. The van der Waals surface area contributed by atoms with Gasteiger partial charge in [0, 0.05) is 65.0 Å². The summed E-state index contributed by atoms with van der Waals surface area (Å²) in [5.41, 5.74) is 1.17. The van der Waals surface area contributed by atoms with Gasteiger partial charge in [0.25, 0.3) is 0 Å². The Bertz CT molecular complexity index is 731. The maximum Gasteiger partial charge on any atom is 0.193 e. The van der Waals surface area contributed by atoms with Crippen molar-refractivity contribution in [3.05, 3.63) is 23.8 Å². The molecule has 2 aliphatic rings. The van der Waals surface area contributed by atoms with Crippen LogP contribution in [0.25, 0.3) is 0 Å². The molecule has 0 radical (unpaired) electrons. The smallest absolute Gasteiger partial charge is 0.193 e. The third-order valence-electron chi connectivity index (χ3n) is 6.54. The van der Waals surface area contributed by atoms with Crippen LogP contribution >= 0.6 is 0 Å². The zero-order valence-electron chi connectivity index (χ0n) is 20.8. The third-order valence-corrected chi connectivity index (χ3v) is 6.54. The first kappa shape index (κ1) is 24.6. The van der Waals surface area contributed by atoms with Gasteiger partial charge in [0.1, 0.15) is 11.5 Å². The van der Waals surface area contributed by atoms with Gasteiger partial charge in [-0.05, 0) is 49.4 Å². The van der Waals surface area contributed by atoms with Gasteiger partial charge in [-0.1, -0.05) is 13.8 Å². The molecule has 1 aromatic carbocycles. The molecule has 2 saturated heterocycles. The van der Waals surface area contributed by atoms with Crippen molar-refractivity contribution in [1.82, 2.24) is 20.0 Å². The van der Waals surface area contributed by atoms with E-state index in [1.807, 2.05) is 19.2 Å². The van der Waals surface area contributed by atoms with Gasteiger partial charge in [-0.2, -0.15) is 0 Å². The molecule has 0 bridgehead atoms. The second-order valence-electron chi connectivity index (χ2n) is 9.53. The van der Waals surface area contributed by atoms with Crippen molar-refractivity contribution in [2.75, 3.05) is 73.6 Å². The monoisotopic (exact) mass is 445 g/mol. The first-order chi connectivity index (χ1) is 15.5. The Kier molecular flexibility index (Phi) is 9.48. The number of benzene rings is 1. The molecule has 0 saturated carbocycles. The minimum atomic E-state index is 0.709. The molecule has 7 nitrogen and oxygen atoms in total. The number of hydrogen-bond acceptors (Lipinski definition) is 5. The van der Waals surface area contributed by atoms with Crippen LogP contribution in [0, 0.1) is 11.8 Å². The predicted octanol–water partition coefficient (Wildman–Crippen LogP) is 2.76. The Balaban J connectivity index is 1.46. The highest BCUT2D eigenvalue weighted by Gasteiger charge is 2.23. The number of aliphatic imine (C=N–C) groups is 1. The maximum atomic E-state index is 5.56. The van der Waals surface area contributed by atoms with Crippen molar-refractivity contribution in [3.63, 3.8) is 0 Å². The molecule has 1 N–H and O–H groups in total. The van der Waals surface area contributed by atoms with E-state index in [-0.39, 0.29) is 0 Å². The lowest BCUT2D eigenvalue weighted by atomic mass is 9.97. The van der Waals surface area contributed by atoms with Gasteiger partial charge >= 0.3 is 0 Å². The summed E-state index contributed by atoms with van der Waals surface area (Å²) in [5, 5.41) is 3.67. The number of piperidine rings is 1. The van der Waals surface area contributed by atoms with Gasteiger partial charge in [-0.15, -0.1) is 0 Å². The average molecular weight is 446 g/mol. The van der Waals surface area contributed by atoms with Crippen LogP contribution in [-0.2, 0) is 6.54 Å². The topological polar surface area (TPSA) is 52.6 Å². The number of rotatable bonds is 8. The van der Waals surface area contributed by atoms with E-state index < -0.39 is 0 Å². The number of methoxy groups -OCH3 is 2. The van der Waals surface area contributed by atoms with Gasteiger partial charge in [0.15, 0.2) is 5.96 Å².